The highest BCUT2D eigenvalue weighted by atomic mass is 14.1. The molecule has 0 fully saturated rings. The fourth-order valence-corrected chi connectivity index (χ4v) is 2.77. The van der Waals surface area contributed by atoms with Crippen LogP contribution < -0.4 is 0 Å². The summed E-state index contributed by atoms with van der Waals surface area (Å²) in [6.45, 7) is 0. The molecule has 0 unspecified atom stereocenters. The minimum absolute atomic E-state index is 1.21. The van der Waals surface area contributed by atoms with Gasteiger partial charge in [-0.1, -0.05) is 73.3 Å². The van der Waals surface area contributed by atoms with E-state index in [9.17, 15) is 0 Å². The molecule has 18 heavy (non-hydrogen) atoms. The van der Waals surface area contributed by atoms with Gasteiger partial charge in [0.1, 0.15) is 0 Å². The van der Waals surface area contributed by atoms with Crippen LogP contribution in [0.4, 0.5) is 0 Å². The fraction of sp³-hybridized carbons (Fsp3) is 0.556. The molecule has 0 aromatic carbocycles. The molecule has 98 valence electrons. The van der Waals surface area contributed by atoms with Crippen LogP contribution in [0.2, 0.25) is 0 Å². The van der Waals surface area contributed by atoms with Gasteiger partial charge in [0.05, 0.1) is 0 Å². The first-order chi connectivity index (χ1) is 8.95. The summed E-state index contributed by atoms with van der Waals surface area (Å²) in [4.78, 5) is 0. The van der Waals surface area contributed by atoms with E-state index < -0.39 is 0 Å². The summed E-state index contributed by atoms with van der Waals surface area (Å²) in [6, 6.07) is 0. The Kier molecular flexibility index (Phi) is 6.05. The lowest BCUT2D eigenvalue weighted by atomic mass is 10.0. The predicted octanol–water partition coefficient (Wildman–Crippen LogP) is 5.88. The van der Waals surface area contributed by atoms with Gasteiger partial charge >= 0.3 is 0 Å². The third-order valence-corrected chi connectivity index (χ3v) is 3.94. The third kappa shape index (κ3) is 5.08. The molecule has 2 aliphatic rings. The van der Waals surface area contributed by atoms with Crippen LogP contribution in [-0.2, 0) is 0 Å². The highest BCUT2D eigenvalue weighted by Crippen LogP contribution is 2.20. The fourth-order valence-electron chi connectivity index (χ4n) is 2.77. The number of unbranched alkanes of at least 4 members (excludes halogenated alkanes) is 5. The van der Waals surface area contributed by atoms with Crippen molar-refractivity contribution in [1.29, 1.82) is 0 Å². The summed E-state index contributed by atoms with van der Waals surface area (Å²) in [6.07, 6.45) is 27.1. The number of hydrogen-bond donors (Lipinski definition) is 0. The average molecular weight is 242 g/mol. The van der Waals surface area contributed by atoms with E-state index in [2.05, 4.69) is 36.5 Å². The molecule has 0 bridgehead atoms. The molecule has 0 nitrogen and oxygen atoms in total. The summed E-state index contributed by atoms with van der Waals surface area (Å²) in [5.41, 5.74) is 3.27. The molecular formula is C18H26. The van der Waals surface area contributed by atoms with Gasteiger partial charge in [-0.2, -0.15) is 0 Å². The Balaban J connectivity index is 1.35. The molecule has 0 saturated carbocycles. The van der Waals surface area contributed by atoms with Gasteiger partial charge in [0.2, 0.25) is 0 Å². The van der Waals surface area contributed by atoms with Gasteiger partial charge in [0.15, 0.2) is 0 Å². The molecule has 0 aromatic rings. The Labute approximate surface area is 112 Å². The lowest BCUT2D eigenvalue weighted by molar-refractivity contribution is 0.590. The Hall–Kier alpha value is -1.04. The quantitative estimate of drug-likeness (QED) is 0.443. The van der Waals surface area contributed by atoms with Gasteiger partial charge in [-0.15, -0.1) is 0 Å². The maximum atomic E-state index is 2.29. The molecule has 0 heteroatoms. The van der Waals surface area contributed by atoms with Crippen molar-refractivity contribution in [2.75, 3.05) is 0 Å². The van der Waals surface area contributed by atoms with Gasteiger partial charge in [-0.3, -0.25) is 0 Å². The second-order valence-electron chi connectivity index (χ2n) is 5.54. The van der Waals surface area contributed by atoms with E-state index in [0.29, 0.717) is 0 Å². The van der Waals surface area contributed by atoms with E-state index in [0.717, 1.165) is 0 Å². The molecule has 0 atom stereocenters. The smallest absolute Gasteiger partial charge is 0.0133 e. The second kappa shape index (κ2) is 8.13. The van der Waals surface area contributed by atoms with E-state index in [1.165, 1.54) is 64.2 Å². The minimum Gasteiger partial charge on any atom is -0.0805 e. The molecule has 0 aromatic heterocycles. The number of rotatable bonds is 9. The van der Waals surface area contributed by atoms with Gasteiger partial charge in [-0.05, 0) is 38.5 Å². The molecule has 0 heterocycles. The molecule has 0 N–H and O–H groups in total. The summed E-state index contributed by atoms with van der Waals surface area (Å²) in [5.74, 6) is 0. The van der Waals surface area contributed by atoms with Crippen molar-refractivity contribution in [3.05, 3.63) is 47.6 Å². The van der Waals surface area contributed by atoms with Gasteiger partial charge in [0, 0.05) is 0 Å². The monoisotopic (exact) mass is 242 g/mol. The Morgan fingerprint density at radius 3 is 1.44 bits per heavy atom. The first-order valence-corrected chi connectivity index (χ1v) is 7.64. The Bertz CT molecular complexity index is 316. The largest absolute Gasteiger partial charge is 0.0805 e. The topological polar surface area (TPSA) is 0 Å². The van der Waals surface area contributed by atoms with Crippen molar-refractivity contribution >= 4 is 0 Å². The van der Waals surface area contributed by atoms with Crippen molar-refractivity contribution in [2.24, 2.45) is 0 Å². The zero-order valence-electron chi connectivity index (χ0n) is 11.5. The Morgan fingerprint density at radius 2 is 1.06 bits per heavy atom. The molecule has 0 radical (unpaired) electrons. The summed E-state index contributed by atoms with van der Waals surface area (Å²) < 4.78 is 0. The van der Waals surface area contributed by atoms with Crippen molar-refractivity contribution in [2.45, 2.75) is 64.2 Å². The maximum absolute atomic E-state index is 2.29. The van der Waals surface area contributed by atoms with Crippen LogP contribution in [0.3, 0.4) is 0 Å². The Morgan fingerprint density at radius 1 is 0.611 bits per heavy atom. The minimum atomic E-state index is 1.21. The lowest BCUT2D eigenvalue weighted by Crippen LogP contribution is -1.84. The molecule has 0 saturated heterocycles. The van der Waals surface area contributed by atoms with Gasteiger partial charge in [-0.25, -0.2) is 0 Å². The van der Waals surface area contributed by atoms with Crippen molar-refractivity contribution in [1.82, 2.24) is 0 Å². The molecule has 0 spiro atoms. The highest BCUT2D eigenvalue weighted by Gasteiger charge is 2.00. The van der Waals surface area contributed by atoms with Crippen LogP contribution in [0.5, 0.6) is 0 Å². The third-order valence-electron chi connectivity index (χ3n) is 3.94. The van der Waals surface area contributed by atoms with Crippen molar-refractivity contribution in [3.63, 3.8) is 0 Å². The van der Waals surface area contributed by atoms with Crippen LogP contribution in [0.25, 0.3) is 0 Å². The van der Waals surface area contributed by atoms with E-state index >= 15 is 0 Å². The zero-order chi connectivity index (χ0) is 12.5. The normalized spacial score (nSPS) is 17.3. The highest BCUT2D eigenvalue weighted by molar-refractivity contribution is 5.23. The second-order valence-corrected chi connectivity index (χ2v) is 5.54. The van der Waals surface area contributed by atoms with E-state index in [-0.39, 0.29) is 0 Å². The van der Waals surface area contributed by atoms with E-state index in [1.54, 1.807) is 11.1 Å². The number of allylic oxidation sites excluding steroid dienone is 8. The average Bonchev–Trinajstić information content (AvgIpc) is 3.05. The summed E-state index contributed by atoms with van der Waals surface area (Å²) in [7, 11) is 0. The van der Waals surface area contributed by atoms with Crippen molar-refractivity contribution < 1.29 is 0 Å². The lowest BCUT2D eigenvalue weighted by Gasteiger charge is -2.04. The molecule has 0 amide bonds. The zero-order valence-corrected chi connectivity index (χ0v) is 11.5. The molecule has 0 aliphatic heterocycles. The number of hydrogen-bond acceptors (Lipinski definition) is 0. The predicted molar refractivity (Wildman–Crippen MR) is 80.6 cm³/mol. The SMILES string of the molecule is C1=CCC(CCCCCCCCC2=CC=CC2)=C1. The first-order valence-electron chi connectivity index (χ1n) is 7.64. The van der Waals surface area contributed by atoms with Crippen LogP contribution in [0, 0.1) is 0 Å². The summed E-state index contributed by atoms with van der Waals surface area (Å²) in [5, 5.41) is 0. The molecule has 2 rings (SSSR count). The van der Waals surface area contributed by atoms with Gasteiger partial charge in [0.25, 0.3) is 0 Å². The van der Waals surface area contributed by atoms with Gasteiger partial charge < -0.3 is 0 Å². The molecular weight excluding hydrogens is 216 g/mol. The van der Waals surface area contributed by atoms with Crippen LogP contribution in [-0.4, -0.2) is 0 Å². The van der Waals surface area contributed by atoms with Crippen LogP contribution >= 0.6 is 0 Å². The molecule has 2 aliphatic carbocycles. The van der Waals surface area contributed by atoms with Crippen LogP contribution in [0.1, 0.15) is 64.2 Å². The first kappa shape index (κ1) is 13.4. The van der Waals surface area contributed by atoms with E-state index in [4.69, 9.17) is 0 Å². The van der Waals surface area contributed by atoms with Crippen molar-refractivity contribution in [3.8, 4) is 0 Å². The summed E-state index contributed by atoms with van der Waals surface area (Å²) >= 11 is 0. The maximum Gasteiger partial charge on any atom is -0.0133 e. The van der Waals surface area contributed by atoms with E-state index in [1.807, 2.05) is 0 Å². The standard InChI is InChI=1S/C18H26/c1(3-5-11-17-13-7-8-14-17)2-4-6-12-18-15-9-10-16-18/h7-10,13,15H,1-6,11-12,14,16H2. The van der Waals surface area contributed by atoms with Crippen LogP contribution in [0.15, 0.2) is 47.6 Å².